The van der Waals surface area contributed by atoms with Gasteiger partial charge in [-0.2, -0.15) is 0 Å². The molecule has 0 spiro atoms. The van der Waals surface area contributed by atoms with Gasteiger partial charge in [-0.25, -0.2) is 0 Å². The third-order valence-electron chi connectivity index (χ3n) is 1.91. The van der Waals surface area contributed by atoms with Gasteiger partial charge >= 0.3 is 0 Å². The van der Waals surface area contributed by atoms with E-state index in [0.717, 1.165) is 6.42 Å². The number of rotatable bonds is 8. The first-order valence-electron chi connectivity index (χ1n) is 6.17. The Balaban J connectivity index is 0. The number of nitrogens with two attached hydrogens (primary N) is 1. The summed E-state index contributed by atoms with van der Waals surface area (Å²) in [6.45, 7) is 8.78. The second-order valence-corrected chi connectivity index (χ2v) is 3.67. The monoisotopic (exact) mass is 216 g/mol. The van der Waals surface area contributed by atoms with Crippen LogP contribution in [0, 0.1) is 0 Å². The third kappa shape index (κ3) is 24.7. The van der Waals surface area contributed by atoms with Crippen LogP contribution in [0.2, 0.25) is 0 Å². The van der Waals surface area contributed by atoms with Crippen molar-refractivity contribution in [3.63, 3.8) is 0 Å². The van der Waals surface area contributed by atoms with Crippen molar-refractivity contribution in [2.75, 3.05) is 13.1 Å². The van der Waals surface area contributed by atoms with E-state index >= 15 is 0 Å². The van der Waals surface area contributed by atoms with Crippen LogP contribution in [0.1, 0.15) is 59.3 Å². The lowest BCUT2D eigenvalue weighted by molar-refractivity contribution is -0.118. The Labute approximate surface area is 94.8 Å². The minimum atomic E-state index is -0.211. The van der Waals surface area contributed by atoms with E-state index in [-0.39, 0.29) is 5.91 Å². The molecule has 0 bridgehead atoms. The minimum absolute atomic E-state index is 0.211. The molecular weight excluding hydrogens is 188 g/mol. The molecular formula is C12H28N2O. The lowest BCUT2D eigenvalue weighted by Gasteiger charge is -1.99. The van der Waals surface area contributed by atoms with Gasteiger partial charge < -0.3 is 11.1 Å². The highest BCUT2D eigenvalue weighted by molar-refractivity contribution is 5.73. The Kier molecular flexibility index (Phi) is 17.8. The van der Waals surface area contributed by atoms with Crippen molar-refractivity contribution in [2.24, 2.45) is 5.73 Å². The fourth-order valence-electron chi connectivity index (χ4n) is 0.975. The van der Waals surface area contributed by atoms with Gasteiger partial charge in [0.05, 0.1) is 0 Å². The second kappa shape index (κ2) is 15.9. The fourth-order valence-corrected chi connectivity index (χ4v) is 0.975. The minimum Gasteiger partial charge on any atom is -0.370 e. The van der Waals surface area contributed by atoms with Gasteiger partial charge in [-0.15, -0.1) is 0 Å². The molecule has 0 aromatic heterocycles. The Morgan fingerprint density at radius 3 is 1.67 bits per heavy atom. The molecule has 3 heteroatoms. The summed E-state index contributed by atoms with van der Waals surface area (Å²) >= 11 is 0. The Morgan fingerprint density at radius 2 is 1.47 bits per heavy atom. The van der Waals surface area contributed by atoms with Gasteiger partial charge in [-0.05, 0) is 32.4 Å². The molecule has 15 heavy (non-hydrogen) atoms. The van der Waals surface area contributed by atoms with Crippen LogP contribution in [-0.4, -0.2) is 19.0 Å². The van der Waals surface area contributed by atoms with E-state index in [2.05, 4.69) is 19.2 Å². The van der Waals surface area contributed by atoms with Crippen molar-refractivity contribution in [3.05, 3.63) is 0 Å². The first-order valence-corrected chi connectivity index (χ1v) is 6.17. The number of primary amides is 1. The molecule has 0 aliphatic rings. The van der Waals surface area contributed by atoms with Crippen LogP contribution in [0.3, 0.4) is 0 Å². The molecule has 0 atom stereocenters. The van der Waals surface area contributed by atoms with Crippen molar-refractivity contribution in [2.45, 2.75) is 59.3 Å². The van der Waals surface area contributed by atoms with Gasteiger partial charge in [0, 0.05) is 6.42 Å². The zero-order chi connectivity index (χ0) is 11.9. The van der Waals surface area contributed by atoms with Crippen LogP contribution in [0.15, 0.2) is 0 Å². The Hall–Kier alpha value is -0.570. The first kappa shape index (κ1) is 16.8. The van der Waals surface area contributed by atoms with E-state index in [0.29, 0.717) is 6.42 Å². The normalized spacial score (nSPS) is 9.27. The molecule has 0 radical (unpaired) electrons. The average molecular weight is 216 g/mol. The van der Waals surface area contributed by atoms with Crippen LogP contribution < -0.4 is 11.1 Å². The highest BCUT2D eigenvalue weighted by Gasteiger charge is 1.84. The topological polar surface area (TPSA) is 55.1 Å². The lowest BCUT2D eigenvalue weighted by atomic mass is 10.3. The van der Waals surface area contributed by atoms with Gasteiger partial charge in [-0.1, -0.05) is 33.6 Å². The summed E-state index contributed by atoms with van der Waals surface area (Å²) in [5.74, 6) is -0.211. The highest BCUT2D eigenvalue weighted by Crippen LogP contribution is 1.85. The summed E-state index contributed by atoms with van der Waals surface area (Å²) in [4.78, 5) is 9.82. The lowest BCUT2D eigenvalue weighted by Crippen LogP contribution is -2.15. The van der Waals surface area contributed by atoms with E-state index in [4.69, 9.17) is 5.73 Å². The van der Waals surface area contributed by atoms with Gasteiger partial charge in [-0.3, -0.25) is 4.79 Å². The van der Waals surface area contributed by atoms with Crippen LogP contribution >= 0.6 is 0 Å². The van der Waals surface area contributed by atoms with Crippen molar-refractivity contribution in [3.8, 4) is 0 Å². The van der Waals surface area contributed by atoms with E-state index in [1.165, 1.54) is 38.8 Å². The smallest absolute Gasteiger partial charge is 0.217 e. The van der Waals surface area contributed by atoms with E-state index in [9.17, 15) is 4.79 Å². The van der Waals surface area contributed by atoms with Crippen molar-refractivity contribution >= 4 is 5.91 Å². The summed E-state index contributed by atoms with van der Waals surface area (Å²) in [5.41, 5.74) is 4.76. The predicted molar refractivity (Wildman–Crippen MR) is 66.8 cm³/mol. The zero-order valence-corrected chi connectivity index (χ0v) is 10.6. The zero-order valence-electron chi connectivity index (χ0n) is 10.6. The number of hydrogen-bond acceptors (Lipinski definition) is 2. The molecule has 0 heterocycles. The summed E-state index contributed by atoms with van der Waals surface area (Å²) in [6, 6.07) is 0. The molecule has 0 saturated heterocycles. The van der Waals surface area contributed by atoms with Crippen molar-refractivity contribution < 1.29 is 4.79 Å². The van der Waals surface area contributed by atoms with Crippen molar-refractivity contribution in [1.29, 1.82) is 0 Å². The Morgan fingerprint density at radius 1 is 1.00 bits per heavy atom. The number of carbonyl (C=O) groups excluding carboxylic acids is 1. The largest absolute Gasteiger partial charge is 0.370 e. The maximum absolute atomic E-state index is 9.82. The van der Waals surface area contributed by atoms with Crippen LogP contribution in [0.5, 0.6) is 0 Å². The summed E-state index contributed by atoms with van der Waals surface area (Å²) in [6.07, 6.45) is 6.63. The van der Waals surface area contributed by atoms with Crippen molar-refractivity contribution in [1.82, 2.24) is 5.32 Å². The van der Waals surface area contributed by atoms with Gasteiger partial charge in [0.2, 0.25) is 5.91 Å². The summed E-state index contributed by atoms with van der Waals surface area (Å²) < 4.78 is 0. The first-order chi connectivity index (χ1) is 7.18. The standard InChI is InChI=1S/C8H19N.C4H9NO/c1-3-5-7-9-8-6-4-2;1-2-3-4(5)6/h9H,3-8H2,1-2H3;2-3H2,1H3,(H2,5,6). The molecule has 0 saturated carbocycles. The molecule has 0 aromatic carbocycles. The second-order valence-electron chi connectivity index (χ2n) is 3.67. The van der Waals surface area contributed by atoms with Crippen LogP contribution in [-0.2, 0) is 4.79 Å². The third-order valence-corrected chi connectivity index (χ3v) is 1.91. The SMILES string of the molecule is CCCC(N)=O.CCCCNCCCC. The molecule has 0 aliphatic carbocycles. The molecule has 1 amide bonds. The fraction of sp³-hybridized carbons (Fsp3) is 0.917. The van der Waals surface area contributed by atoms with Crippen LogP contribution in [0.4, 0.5) is 0 Å². The molecule has 0 aliphatic heterocycles. The number of amides is 1. The van der Waals surface area contributed by atoms with E-state index in [1.807, 2.05) is 6.92 Å². The quantitative estimate of drug-likeness (QED) is 0.612. The summed E-state index contributed by atoms with van der Waals surface area (Å²) in [7, 11) is 0. The molecule has 0 rings (SSSR count). The molecule has 0 aromatic rings. The molecule has 0 unspecified atom stereocenters. The predicted octanol–water partition coefficient (Wildman–Crippen LogP) is 2.45. The number of hydrogen-bond donors (Lipinski definition) is 2. The molecule has 92 valence electrons. The number of carbonyl (C=O) groups is 1. The van der Waals surface area contributed by atoms with Gasteiger partial charge in [0.1, 0.15) is 0 Å². The van der Waals surface area contributed by atoms with E-state index < -0.39 is 0 Å². The van der Waals surface area contributed by atoms with Gasteiger partial charge in [0.15, 0.2) is 0 Å². The molecule has 3 N–H and O–H groups in total. The summed E-state index contributed by atoms with van der Waals surface area (Å²) in [5, 5.41) is 3.39. The van der Waals surface area contributed by atoms with Crippen LogP contribution in [0.25, 0.3) is 0 Å². The average Bonchev–Trinajstić information content (AvgIpc) is 2.18. The number of unbranched alkanes of at least 4 members (excludes halogenated alkanes) is 2. The highest BCUT2D eigenvalue weighted by atomic mass is 16.1. The molecule has 3 nitrogen and oxygen atoms in total. The maximum atomic E-state index is 9.82. The van der Waals surface area contributed by atoms with Gasteiger partial charge in [0.25, 0.3) is 0 Å². The number of nitrogens with one attached hydrogen (secondary N) is 1. The maximum Gasteiger partial charge on any atom is 0.217 e. The van der Waals surface area contributed by atoms with E-state index in [1.54, 1.807) is 0 Å². The molecule has 0 fully saturated rings. The Bertz CT molecular complexity index is 121.